The highest BCUT2D eigenvalue weighted by atomic mass is 35.5. The molecule has 28 heavy (non-hydrogen) atoms. The predicted molar refractivity (Wildman–Crippen MR) is 112 cm³/mol. The summed E-state index contributed by atoms with van der Waals surface area (Å²) >= 11 is 7.45. The van der Waals surface area contributed by atoms with E-state index in [1.807, 2.05) is 52.7 Å². The number of benzene rings is 2. The Morgan fingerprint density at radius 3 is 2.61 bits per heavy atom. The summed E-state index contributed by atoms with van der Waals surface area (Å²) < 4.78 is 5.76. The van der Waals surface area contributed by atoms with E-state index in [2.05, 4.69) is 4.98 Å². The predicted octanol–water partition coefficient (Wildman–Crippen LogP) is 5.11. The van der Waals surface area contributed by atoms with Gasteiger partial charge in [-0.3, -0.25) is 4.79 Å². The lowest BCUT2D eigenvalue weighted by molar-refractivity contribution is -0.131. The molecule has 0 spiro atoms. The molecule has 0 saturated heterocycles. The van der Waals surface area contributed by atoms with Crippen LogP contribution in [0.2, 0.25) is 5.02 Å². The molecule has 1 saturated carbocycles. The van der Waals surface area contributed by atoms with E-state index in [4.69, 9.17) is 16.3 Å². The Bertz CT molecular complexity index is 923. The number of halogens is 1. The number of ether oxygens (including phenoxy) is 1. The van der Waals surface area contributed by atoms with Crippen molar-refractivity contribution < 1.29 is 9.53 Å². The van der Waals surface area contributed by atoms with Crippen LogP contribution in [0.3, 0.4) is 0 Å². The van der Waals surface area contributed by atoms with E-state index in [0.717, 1.165) is 34.9 Å². The summed E-state index contributed by atoms with van der Waals surface area (Å²) in [7, 11) is 0. The fourth-order valence-corrected chi connectivity index (χ4v) is 3.84. The summed E-state index contributed by atoms with van der Waals surface area (Å²) in [5.74, 6) is 0.930. The molecule has 0 unspecified atom stereocenters. The molecule has 1 aliphatic rings. The van der Waals surface area contributed by atoms with Gasteiger partial charge in [0.25, 0.3) is 0 Å². The zero-order valence-electron chi connectivity index (χ0n) is 15.4. The molecule has 0 aliphatic heterocycles. The van der Waals surface area contributed by atoms with E-state index in [1.165, 1.54) is 0 Å². The molecule has 144 valence electrons. The standard InChI is InChI=1S/C22H21ClN2O2S/c23-17-6-10-20(11-7-17)27-14-21-24-18(15-28-21)13-25(19-8-9-19)22(26)12-16-4-2-1-3-5-16/h1-7,10-11,15,19H,8-9,12-14H2. The van der Waals surface area contributed by atoms with Gasteiger partial charge in [0, 0.05) is 16.4 Å². The van der Waals surface area contributed by atoms with Crippen molar-refractivity contribution in [3.8, 4) is 5.75 Å². The van der Waals surface area contributed by atoms with Crippen LogP contribution in [0, 0.1) is 0 Å². The number of hydrogen-bond acceptors (Lipinski definition) is 4. The highest BCUT2D eigenvalue weighted by Gasteiger charge is 2.32. The van der Waals surface area contributed by atoms with Crippen molar-refractivity contribution in [2.75, 3.05) is 0 Å². The largest absolute Gasteiger partial charge is 0.486 e. The van der Waals surface area contributed by atoms with E-state index in [9.17, 15) is 4.79 Å². The summed E-state index contributed by atoms with van der Waals surface area (Å²) in [6.07, 6.45) is 2.60. The number of aromatic nitrogens is 1. The molecule has 4 nitrogen and oxygen atoms in total. The normalized spacial score (nSPS) is 13.3. The van der Waals surface area contributed by atoms with Gasteiger partial charge in [0.05, 0.1) is 18.7 Å². The van der Waals surface area contributed by atoms with Crippen LogP contribution in [-0.2, 0) is 24.4 Å². The SMILES string of the molecule is O=C(Cc1ccccc1)N(Cc1csc(COc2ccc(Cl)cc2)n1)C1CC1. The fourth-order valence-electron chi connectivity index (χ4n) is 3.02. The Hall–Kier alpha value is -2.37. The maximum Gasteiger partial charge on any atom is 0.227 e. The van der Waals surface area contributed by atoms with Crippen LogP contribution in [-0.4, -0.2) is 21.8 Å². The van der Waals surface area contributed by atoms with Crippen molar-refractivity contribution in [1.29, 1.82) is 0 Å². The Morgan fingerprint density at radius 2 is 1.89 bits per heavy atom. The maximum absolute atomic E-state index is 12.8. The zero-order chi connectivity index (χ0) is 19.3. The summed E-state index contributed by atoms with van der Waals surface area (Å²) in [6.45, 7) is 0.974. The van der Waals surface area contributed by atoms with E-state index < -0.39 is 0 Å². The Morgan fingerprint density at radius 1 is 1.14 bits per heavy atom. The number of nitrogens with zero attached hydrogens (tertiary/aromatic N) is 2. The van der Waals surface area contributed by atoms with Gasteiger partial charge in [0.2, 0.25) is 5.91 Å². The summed E-state index contributed by atoms with van der Waals surface area (Å²) in [6, 6.07) is 17.5. The smallest absolute Gasteiger partial charge is 0.227 e. The first-order chi connectivity index (χ1) is 13.7. The Labute approximate surface area is 173 Å². The fraction of sp³-hybridized carbons (Fsp3) is 0.273. The van der Waals surface area contributed by atoms with E-state index in [-0.39, 0.29) is 5.91 Å². The Balaban J connectivity index is 1.35. The molecule has 0 atom stereocenters. The lowest BCUT2D eigenvalue weighted by Crippen LogP contribution is -2.33. The average molecular weight is 413 g/mol. The van der Waals surface area contributed by atoms with Gasteiger partial charge >= 0.3 is 0 Å². The molecule has 0 N–H and O–H groups in total. The molecule has 6 heteroatoms. The molecule has 1 aliphatic carbocycles. The molecule has 2 aromatic carbocycles. The third kappa shape index (κ3) is 5.12. The number of thiazole rings is 1. The minimum absolute atomic E-state index is 0.167. The van der Waals surface area contributed by atoms with Crippen LogP contribution in [0.1, 0.15) is 29.1 Å². The summed E-state index contributed by atoms with van der Waals surface area (Å²) in [5, 5.41) is 3.60. The molecule has 1 heterocycles. The van der Waals surface area contributed by atoms with Crippen molar-refractivity contribution in [2.24, 2.45) is 0 Å². The van der Waals surface area contributed by atoms with Gasteiger partial charge in [-0.1, -0.05) is 41.9 Å². The van der Waals surface area contributed by atoms with Gasteiger partial charge < -0.3 is 9.64 Å². The van der Waals surface area contributed by atoms with Crippen LogP contribution in [0.25, 0.3) is 0 Å². The van der Waals surface area contributed by atoms with Gasteiger partial charge in [-0.25, -0.2) is 4.98 Å². The van der Waals surface area contributed by atoms with Crippen molar-refractivity contribution in [3.63, 3.8) is 0 Å². The first-order valence-corrected chi connectivity index (χ1v) is 10.6. The van der Waals surface area contributed by atoms with E-state index in [0.29, 0.717) is 30.6 Å². The molecule has 3 aromatic rings. The monoisotopic (exact) mass is 412 g/mol. The molecule has 1 amide bonds. The van der Waals surface area contributed by atoms with Crippen molar-refractivity contribution in [2.45, 2.75) is 38.5 Å². The van der Waals surface area contributed by atoms with Gasteiger partial charge in [-0.2, -0.15) is 0 Å². The molecule has 0 bridgehead atoms. The van der Waals surface area contributed by atoms with Crippen molar-refractivity contribution >= 4 is 28.8 Å². The second kappa shape index (κ2) is 8.76. The van der Waals surface area contributed by atoms with Crippen LogP contribution in [0.5, 0.6) is 5.75 Å². The van der Waals surface area contributed by atoms with E-state index >= 15 is 0 Å². The first-order valence-electron chi connectivity index (χ1n) is 9.32. The van der Waals surface area contributed by atoms with E-state index in [1.54, 1.807) is 23.5 Å². The van der Waals surface area contributed by atoms with Gasteiger partial charge in [-0.05, 0) is 42.7 Å². The summed E-state index contributed by atoms with van der Waals surface area (Å²) in [4.78, 5) is 19.4. The lowest BCUT2D eigenvalue weighted by atomic mass is 10.1. The second-order valence-electron chi connectivity index (χ2n) is 6.89. The minimum Gasteiger partial charge on any atom is -0.486 e. The number of rotatable bonds is 8. The van der Waals surface area contributed by atoms with Crippen molar-refractivity contribution in [3.05, 3.63) is 81.3 Å². The molecule has 4 rings (SSSR count). The van der Waals surface area contributed by atoms with Crippen LogP contribution >= 0.6 is 22.9 Å². The zero-order valence-corrected chi connectivity index (χ0v) is 17.0. The summed E-state index contributed by atoms with van der Waals surface area (Å²) in [5.41, 5.74) is 1.97. The maximum atomic E-state index is 12.8. The number of hydrogen-bond donors (Lipinski definition) is 0. The third-order valence-electron chi connectivity index (χ3n) is 4.61. The Kier molecular flexibility index (Phi) is 5.93. The number of carbonyl (C=O) groups is 1. The molecule has 0 radical (unpaired) electrons. The van der Waals surface area contributed by atoms with Crippen molar-refractivity contribution in [1.82, 2.24) is 9.88 Å². The van der Waals surface area contributed by atoms with Crippen LogP contribution < -0.4 is 4.74 Å². The first kappa shape index (κ1) is 19.0. The average Bonchev–Trinajstić information content (AvgIpc) is 3.45. The molecular weight excluding hydrogens is 392 g/mol. The number of amides is 1. The molecular formula is C22H21ClN2O2S. The minimum atomic E-state index is 0.167. The quantitative estimate of drug-likeness (QED) is 0.516. The molecule has 1 aromatic heterocycles. The second-order valence-corrected chi connectivity index (χ2v) is 8.27. The van der Waals surface area contributed by atoms with Gasteiger partial charge in [-0.15, -0.1) is 11.3 Å². The highest BCUT2D eigenvalue weighted by molar-refractivity contribution is 7.09. The third-order valence-corrected chi connectivity index (χ3v) is 5.74. The highest BCUT2D eigenvalue weighted by Crippen LogP contribution is 2.29. The van der Waals surface area contributed by atoms with Crippen LogP contribution in [0.15, 0.2) is 60.0 Å². The topological polar surface area (TPSA) is 42.4 Å². The van der Waals surface area contributed by atoms with Crippen LogP contribution in [0.4, 0.5) is 0 Å². The lowest BCUT2D eigenvalue weighted by Gasteiger charge is -2.21. The molecule has 1 fully saturated rings. The number of carbonyl (C=O) groups excluding carboxylic acids is 1. The van der Waals surface area contributed by atoms with Gasteiger partial charge in [0.1, 0.15) is 17.4 Å². The van der Waals surface area contributed by atoms with Gasteiger partial charge in [0.15, 0.2) is 0 Å².